The van der Waals surface area contributed by atoms with Crippen LogP contribution in [0.4, 0.5) is 0 Å². The molecule has 0 aliphatic rings. The lowest BCUT2D eigenvalue weighted by Gasteiger charge is -2.19. The predicted molar refractivity (Wildman–Crippen MR) is 168 cm³/mol. The second-order valence-electron chi connectivity index (χ2n) is 11.3. The fourth-order valence-corrected chi connectivity index (χ4v) is 4.69. The number of aromatic amines is 2. The standard InChI is InChI=1S/C32H38N8O2/c1-37(2)15-17-39(5)31(41)23-11-13-25-27(19-23)35-29(33-25)21-7-9-22(10-8-21)30-34-26-14-12-24(20-28(26)36-30)32(42)40(6)18-16-38(3)4/h7-14,19-20H,15-18H2,1-6H3,(H,33,35)(H,34,36). The molecule has 218 valence electrons. The minimum Gasteiger partial charge on any atom is -0.340 e. The van der Waals surface area contributed by atoms with E-state index in [0.29, 0.717) is 24.2 Å². The van der Waals surface area contributed by atoms with Crippen molar-refractivity contribution < 1.29 is 9.59 Å². The zero-order valence-electron chi connectivity index (χ0n) is 25.1. The van der Waals surface area contributed by atoms with Crippen LogP contribution in [0.1, 0.15) is 20.7 Å². The van der Waals surface area contributed by atoms with Crippen LogP contribution in [0.25, 0.3) is 44.8 Å². The van der Waals surface area contributed by atoms with Gasteiger partial charge in [0.15, 0.2) is 0 Å². The Balaban J connectivity index is 1.32. The third kappa shape index (κ3) is 6.35. The summed E-state index contributed by atoms with van der Waals surface area (Å²) >= 11 is 0. The lowest BCUT2D eigenvalue weighted by molar-refractivity contribution is 0.0779. The lowest BCUT2D eigenvalue weighted by Crippen LogP contribution is -2.33. The number of aromatic nitrogens is 4. The molecule has 2 heterocycles. The maximum Gasteiger partial charge on any atom is 0.253 e. The Hall–Kier alpha value is -4.54. The number of nitrogens with zero attached hydrogens (tertiary/aromatic N) is 6. The van der Waals surface area contributed by atoms with Crippen molar-refractivity contribution in [1.82, 2.24) is 39.5 Å². The first-order valence-electron chi connectivity index (χ1n) is 14.0. The highest BCUT2D eigenvalue weighted by Crippen LogP contribution is 2.26. The molecule has 2 aromatic heterocycles. The number of rotatable bonds is 10. The average Bonchev–Trinajstić information content (AvgIpc) is 3.61. The van der Waals surface area contributed by atoms with Gasteiger partial charge in [0.05, 0.1) is 22.1 Å². The van der Waals surface area contributed by atoms with E-state index < -0.39 is 0 Å². The lowest BCUT2D eigenvalue weighted by atomic mass is 10.1. The highest BCUT2D eigenvalue weighted by Gasteiger charge is 2.16. The molecule has 0 atom stereocenters. The molecule has 0 unspecified atom stereocenters. The van der Waals surface area contributed by atoms with Crippen LogP contribution in [-0.4, -0.2) is 120 Å². The number of likely N-dealkylation sites (N-methyl/N-ethyl adjacent to an activating group) is 4. The van der Waals surface area contributed by atoms with Gasteiger partial charge < -0.3 is 29.6 Å². The van der Waals surface area contributed by atoms with Gasteiger partial charge in [-0.2, -0.15) is 0 Å². The number of carbonyl (C=O) groups excluding carboxylic acids is 2. The molecule has 0 saturated heterocycles. The number of hydrogen-bond donors (Lipinski definition) is 2. The van der Waals surface area contributed by atoms with Gasteiger partial charge in [-0.1, -0.05) is 24.3 Å². The molecular formula is C32H38N8O2. The molecule has 10 nitrogen and oxygen atoms in total. The Kier molecular flexibility index (Phi) is 8.37. The van der Waals surface area contributed by atoms with Gasteiger partial charge in [0, 0.05) is 62.5 Å². The van der Waals surface area contributed by atoms with Gasteiger partial charge in [-0.05, 0) is 64.6 Å². The summed E-state index contributed by atoms with van der Waals surface area (Å²) in [6, 6.07) is 19.1. The average molecular weight is 567 g/mol. The summed E-state index contributed by atoms with van der Waals surface area (Å²) in [5, 5.41) is 0. The second-order valence-corrected chi connectivity index (χ2v) is 11.3. The first kappa shape index (κ1) is 29.0. The molecule has 0 radical (unpaired) electrons. The predicted octanol–water partition coefficient (Wildman–Crippen LogP) is 4.04. The SMILES string of the molecule is CN(C)CCN(C)C(=O)c1ccc2nc(-c3ccc(-c4nc5ccc(C(=O)N(C)CCN(C)C)cc5[nH]4)cc3)[nH]c2c1. The number of amides is 2. The maximum absolute atomic E-state index is 12.9. The van der Waals surface area contributed by atoms with Gasteiger partial charge in [-0.15, -0.1) is 0 Å². The molecule has 0 bridgehead atoms. The Morgan fingerprint density at radius 1 is 0.571 bits per heavy atom. The number of nitrogens with one attached hydrogen (secondary N) is 2. The number of H-pyrrole nitrogens is 2. The molecule has 2 N–H and O–H groups in total. The Morgan fingerprint density at radius 3 is 1.31 bits per heavy atom. The van der Waals surface area contributed by atoms with Crippen molar-refractivity contribution in [1.29, 1.82) is 0 Å². The summed E-state index contributed by atoms with van der Waals surface area (Å²) in [5.74, 6) is 1.43. The van der Waals surface area contributed by atoms with E-state index in [-0.39, 0.29) is 11.8 Å². The molecule has 0 aliphatic carbocycles. The van der Waals surface area contributed by atoms with Crippen LogP contribution in [0.3, 0.4) is 0 Å². The molecule has 0 fully saturated rings. The molecule has 5 aromatic rings. The van der Waals surface area contributed by atoms with Gasteiger partial charge in [0.25, 0.3) is 11.8 Å². The molecule has 42 heavy (non-hydrogen) atoms. The van der Waals surface area contributed by atoms with Gasteiger partial charge in [-0.3, -0.25) is 9.59 Å². The first-order valence-corrected chi connectivity index (χ1v) is 14.0. The van der Waals surface area contributed by atoms with Crippen molar-refractivity contribution in [3.8, 4) is 22.8 Å². The third-order valence-electron chi connectivity index (χ3n) is 7.35. The van der Waals surface area contributed by atoms with E-state index >= 15 is 0 Å². The fraction of sp³-hybridized carbons (Fsp3) is 0.312. The monoisotopic (exact) mass is 566 g/mol. The topological polar surface area (TPSA) is 104 Å². The summed E-state index contributed by atoms with van der Waals surface area (Å²) in [6.07, 6.45) is 0. The van der Waals surface area contributed by atoms with Gasteiger partial charge in [0.2, 0.25) is 0 Å². The molecule has 0 spiro atoms. The molecule has 2 amide bonds. The molecule has 5 rings (SSSR count). The van der Waals surface area contributed by atoms with Gasteiger partial charge in [0.1, 0.15) is 11.6 Å². The number of imidazole rings is 2. The van der Waals surface area contributed by atoms with E-state index in [4.69, 9.17) is 9.97 Å². The number of hydrogen-bond acceptors (Lipinski definition) is 6. The Morgan fingerprint density at radius 2 is 0.952 bits per heavy atom. The normalized spacial score (nSPS) is 11.6. The van der Waals surface area contributed by atoms with Crippen molar-refractivity contribution in [2.45, 2.75) is 0 Å². The van der Waals surface area contributed by atoms with E-state index in [1.54, 1.807) is 9.80 Å². The smallest absolute Gasteiger partial charge is 0.253 e. The number of fused-ring (bicyclic) bond motifs is 2. The van der Waals surface area contributed by atoms with Crippen molar-refractivity contribution in [3.05, 3.63) is 71.8 Å². The third-order valence-corrected chi connectivity index (χ3v) is 7.35. The second kappa shape index (κ2) is 12.1. The van der Waals surface area contributed by atoms with Crippen molar-refractivity contribution in [2.24, 2.45) is 0 Å². The number of benzene rings is 3. The molecule has 3 aromatic carbocycles. The number of carbonyl (C=O) groups is 2. The van der Waals surface area contributed by atoms with Crippen LogP contribution < -0.4 is 0 Å². The molecule has 0 aliphatic heterocycles. The zero-order chi connectivity index (χ0) is 30.0. The minimum atomic E-state index is -0.0158. The van der Waals surface area contributed by atoms with Crippen molar-refractivity contribution in [3.63, 3.8) is 0 Å². The van der Waals surface area contributed by atoms with Crippen LogP contribution in [0, 0.1) is 0 Å². The quantitative estimate of drug-likeness (QED) is 0.265. The fourth-order valence-electron chi connectivity index (χ4n) is 4.69. The van der Waals surface area contributed by atoms with Crippen molar-refractivity contribution >= 4 is 33.9 Å². The largest absolute Gasteiger partial charge is 0.340 e. The van der Waals surface area contributed by atoms with Crippen LogP contribution in [-0.2, 0) is 0 Å². The first-order chi connectivity index (χ1) is 20.1. The zero-order valence-corrected chi connectivity index (χ0v) is 25.1. The van der Waals surface area contributed by atoms with E-state index in [0.717, 1.165) is 57.9 Å². The maximum atomic E-state index is 12.9. The van der Waals surface area contributed by atoms with E-state index in [9.17, 15) is 9.59 Å². The minimum absolute atomic E-state index is 0.0158. The van der Waals surface area contributed by atoms with Gasteiger partial charge in [-0.25, -0.2) is 9.97 Å². The van der Waals surface area contributed by atoms with Crippen LogP contribution in [0.5, 0.6) is 0 Å². The Labute approximate surface area is 246 Å². The molecular weight excluding hydrogens is 528 g/mol. The van der Waals surface area contributed by atoms with Crippen LogP contribution >= 0.6 is 0 Å². The van der Waals surface area contributed by atoms with Gasteiger partial charge >= 0.3 is 0 Å². The van der Waals surface area contributed by atoms with E-state index in [2.05, 4.69) is 19.8 Å². The van der Waals surface area contributed by atoms with Crippen LogP contribution in [0.2, 0.25) is 0 Å². The highest BCUT2D eigenvalue weighted by molar-refractivity contribution is 5.98. The van der Waals surface area contributed by atoms with E-state index in [1.807, 2.05) is 103 Å². The summed E-state index contributed by atoms with van der Waals surface area (Å²) in [4.78, 5) is 49.6. The summed E-state index contributed by atoms with van der Waals surface area (Å²) in [5.41, 5.74) is 6.35. The Bertz CT molecular complexity index is 1590. The molecule has 0 saturated carbocycles. The molecule has 10 heteroatoms. The summed E-state index contributed by atoms with van der Waals surface area (Å²) < 4.78 is 0. The summed E-state index contributed by atoms with van der Waals surface area (Å²) in [6.45, 7) is 2.92. The van der Waals surface area contributed by atoms with E-state index in [1.165, 1.54) is 0 Å². The summed E-state index contributed by atoms with van der Waals surface area (Å²) in [7, 11) is 11.6. The van der Waals surface area contributed by atoms with Crippen LogP contribution in [0.15, 0.2) is 60.7 Å². The van der Waals surface area contributed by atoms with Crippen molar-refractivity contribution in [2.75, 3.05) is 68.5 Å². The highest BCUT2D eigenvalue weighted by atomic mass is 16.2.